The van der Waals surface area contributed by atoms with Gasteiger partial charge in [0.1, 0.15) is 11.8 Å². The Balaban J connectivity index is 1.86. The summed E-state index contributed by atoms with van der Waals surface area (Å²) in [5.41, 5.74) is 2.67. The predicted molar refractivity (Wildman–Crippen MR) is 99.8 cm³/mol. The highest BCUT2D eigenvalue weighted by molar-refractivity contribution is 5.96. The van der Waals surface area contributed by atoms with Crippen molar-refractivity contribution in [1.82, 2.24) is 5.32 Å². The van der Waals surface area contributed by atoms with Gasteiger partial charge in [-0.3, -0.25) is 9.59 Å². The largest absolute Gasteiger partial charge is 0.497 e. The number of carbonyl (C=O) groups is 2. The van der Waals surface area contributed by atoms with E-state index in [9.17, 15) is 9.59 Å². The number of benzene rings is 2. The van der Waals surface area contributed by atoms with Gasteiger partial charge in [0.15, 0.2) is 0 Å². The van der Waals surface area contributed by atoms with Gasteiger partial charge in [-0.2, -0.15) is 0 Å². The highest BCUT2D eigenvalue weighted by atomic mass is 16.5. The summed E-state index contributed by atoms with van der Waals surface area (Å²) in [7, 11) is 1.63. The fourth-order valence-electron chi connectivity index (χ4n) is 2.37. The van der Waals surface area contributed by atoms with Crippen LogP contribution in [0.2, 0.25) is 0 Å². The van der Waals surface area contributed by atoms with E-state index in [4.69, 9.17) is 9.47 Å². The van der Waals surface area contributed by atoms with Gasteiger partial charge in [0.05, 0.1) is 20.3 Å². The molecule has 0 aliphatic rings. The SMILES string of the molecule is COc1ccc(COCc2cccc(NC(=O)C(C)NC(C)=O)c2)cc1. The fourth-order valence-corrected chi connectivity index (χ4v) is 2.37. The molecule has 0 saturated carbocycles. The van der Waals surface area contributed by atoms with Crippen molar-refractivity contribution in [2.75, 3.05) is 12.4 Å². The Morgan fingerprint density at radius 1 is 1.04 bits per heavy atom. The standard InChI is InChI=1S/C20H24N2O4/c1-14(21-15(2)23)20(24)22-18-6-4-5-17(11-18)13-26-12-16-7-9-19(25-3)10-8-16/h4-11,14H,12-13H2,1-3H3,(H,21,23)(H,22,24). The smallest absolute Gasteiger partial charge is 0.246 e. The molecule has 0 aliphatic carbocycles. The van der Waals surface area contributed by atoms with Crippen LogP contribution in [0.25, 0.3) is 0 Å². The van der Waals surface area contributed by atoms with E-state index in [0.717, 1.165) is 16.9 Å². The topological polar surface area (TPSA) is 76.7 Å². The summed E-state index contributed by atoms with van der Waals surface area (Å²) in [5.74, 6) is 0.301. The second kappa shape index (κ2) is 9.58. The van der Waals surface area contributed by atoms with Crippen molar-refractivity contribution < 1.29 is 19.1 Å². The van der Waals surface area contributed by atoms with Crippen LogP contribution in [0, 0.1) is 0 Å². The molecule has 0 saturated heterocycles. The first-order chi connectivity index (χ1) is 12.5. The monoisotopic (exact) mass is 356 g/mol. The van der Waals surface area contributed by atoms with E-state index in [-0.39, 0.29) is 11.8 Å². The van der Waals surface area contributed by atoms with Crippen molar-refractivity contribution in [3.8, 4) is 5.75 Å². The average molecular weight is 356 g/mol. The second-order valence-electron chi connectivity index (χ2n) is 5.95. The molecule has 26 heavy (non-hydrogen) atoms. The minimum atomic E-state index is -0.595. The molecule has 0 heterocycles. The lowest BCUT2D eigenvalue weighted by Gasteiger charge is -2.13. The molecule has 2 rings (SSSR count). The lowest BCUT2D eigenvalue weighted by Crippen LogP contribution is -2.40. The highest BCUT2D eigenvalue weighted by Gasteiger charge is 2.13. The van der Waals surface area contributed by atoms with Crippen LogP contribution >= 0.6 is 0 Å². The van der Waals surface area contributed by atoms with Crippen molar-refractivity contribution >= 4 is 17.5 Å². The lowest BCUT2D eigenvalue weighted by atomic mass is 10.2. The molecular formula is C20H24N2O4. The zero-order valence-corrected chi connectivity index (χ0v) is 15.2. The van der Waals surface area contributed by atoms with Gasteiger partial charge in [-0.1, -0.05) is 24.3 Å². The number of nitrogens with one attached hydrogen (secondary N) is 2. The Hall–Kier alpha value is -2.86. The molecule has 1 atom stereocenters. The number of methoxy groups -OCH3 is 1. The van der Waals surface area contributed by atoms with Gasteiger partial charge in [-0.05, 0) is 42.3 Å². The molecule has 0 aliphatic heterocycles. The third-order valence-electron chi connectivity index (χ3n) is 3.70. The maximum atomic E-state index is 12.0. The van der Waals surface area contributed by atoms with Gasteiger partial charge in [0.2, 0.25) is 11.8 Å². The third kappa shape index (κ3) is 6.22. The summed E-state index contributed by atoms with van der Waals surface area (Å²) in [6.45, 7) is 3.93. The van der Waals surface area contributed by atoms with E-state index in [1.165, 1.54) is 6.92 Å². The number of rotatable bonds is 8. The first-order valence-electron chi connectivity index (χ1n) is 8.35. The van der Waals surface area contributed by atoms with E-state index in [0.29, 0.717) is 18.9 Å². The molecule has 0 aromatic heterocycles. The summed E-state index contributed by atoms with van der Waals surface area (Å²) in [6.07, 6.45) is 0. The summed E-state index contributed by atoms with van der Waals surface area (Å²) >= 11 is 0. The maximum absolute atomic E-state index is 12.0. The zero-order valence-electron chi connectivity index (χ0n) is 15.2. The molecule has 2 aromatic rings. The van der Waals surface area contributed by atoms with E-state index in [1.807, 2.05) is 42.5 Å². The Morgan fingerprint density at radius 3 is 2.38 bits per heavy atom. The van der Waals surface area contributed by atoms with E-state index in [1.54, 1.807) is 20.1 Å². The van der Waals surface area contributed by atoms with Crippen LogP contribution in [-0.2, 0) is 27.5 Å². The van der Waals surface area contributed by atoms with Gasteiger partial charge >= 0.3 is 0 Å². The fraction of sp³-hybridized carbons (Fsp3) is 0.300. The molecule has 138 valence electrons. The average Bonchev–Trinajstić information content (AvgIpc) is 2.62. The molecule has 6 nitrogen and oxygen atoms in total. The molecule has 1 unspecified atom stereocenters. The number of anilines is 1. The van der Waals surface area contributed by atoms with Crippen LogP contribution < -0.4 is 15.4 Å². The summed E-state index contributed by atoms with van der Waals surface area (Å²) in [4.78, 5) is 23.1. The van der Waals surface area contributed by atoms with Crippen LogP contribution in [-0.4, -0.2) is 25.0 Å². The molecular weight excluding hydrogens is 332 g/mol. The van der Waals surface area contributed by atoms with Gasteiger partial charge in [-0.15, -0.1) is 0 Å². The van der Waals surface area contributed by atoms with Crippen LogP contribution in [0.3, 0.4) is 0 Å². The summed E-state index contributed by atoms with van der Waals surface area (Å²) < 4.78 is 10.9. The molecule has 0 bridgehead atoms. The highest BCUT2D eigenvalue weighted by Crippen LogP contribution is 2.15. The van der Waals surface area contributed by atoms with E-state index < -0.39 is 6.04 Å². The molecule has 2 aromatic carbocycles. The van der Waals surface area contributed by atoms with Gasteiger partial charge in [0, 0.05) is 12.6 Å². The number of hydrogen-bond donors (Lipinski definition) is 2. The van der Waals surface area contributed by atoms with Crippen LogP contribution in [0.15, 0.2) is 48.5 Å². The molecule has 0 fully saturated rings. The Kier molecular flexibility index (Phi) is 7.17. The van der Waals surface area contributed by atoms with Gasteiger partial charge in [0.25, 0.3) is 0 Å². The molecule has 0 radical (unpaired) electrons. The van der Waals surface area contributed by atoms with Gasteiger partial charge < -0.3 is 20.1 Å². The quantitative estimate of drug-likeness (QED) is 0.762. The van der Waals surface area contributed by atoms with E-state index in [2.05, 4.69) is 10.6 Å². The van der Waals surface area contributed by atoms with Crippen molar-refractivity contribution in [3.63, 3.8) is 0 Å². The summed E-state index contributed by atoms with van der Waals surface area (Å²) in [5, 5.41) is 5.34. The number of carbonyl (C=O) groups excluding carboxylic acids is 2. The van der Waals surface area contributed by atoms with Crippen molar-refractivity contribution in [2.24, 2.45) is 0 Å². The zero-order chi connectivity index (χ0) is 18.9. The van der Waals surface area contributed by atoms with Crippen LogP contribution in [0.5, 0.6) is 5.75 Å². The second-order valence-corrected chi connectivity index (χ2v) is 5.95. The van der Waals surface area contributed by atoms with Crippen LogP contribution in [0.1, 0.15) is 25.0 Å². The van der Waals surface area contributed by atoms with Crippen molar-refractivity contribution in [3.05, 3.63) is 59.7 Å². The number of hydrogen-bond acceptors (Lipinski definition) is 4. The van der Waals surface area contributed by atoms with E-state index >= 15 is 0 Å². The Morgan fingerprint density at radius 2 is 1.73 bits per heavy atom. The van der Waals surface area contributed by atoms with Gasteiger partial charge in [-0.25, -0.2) is 0 Å². The molecule has 0 spiro atoms. The predicted octanol–water partition coefficient (Wildman–Crippen LogP) is 2.88. The van der Waals surface area contributed by atoms with Crippen molar-refractivity contribution in [1.29, 1.82) is 0 Å². The summed E-state index contributed by atoms with van der Waals surface area (Å²) in [6, 6.07) is 14.5. The Bertz CT molecular complexity index is 744. The van der Waals surface area contributed by atoms with Crippen LogP contribution in [0.4, 0.5) is 5.69 Å². The number of amides is 2. The number of ether oxygens (including phenoxy) is 2. The minimum Gasteiger partial charge on any atom is -0.497 e. The molecule has 2 N–H and O–H groups in total. The lowest BCUT2D eigenvalue weighted by molar-refractivity contribution is -0.124. The molecule has 6 heteroatoms. The minimum absolute atomic E-state index is 0.242. The third-order valence-corrected chi connectivity index (χ3v) is 3.70. The maximum Gasteiger partial charge on any atom is 0.246 e. The first-order valence-corrected chi connectivity index (χ1v) is 8.35. The Labute approximate surface area is 153 Å². The first kappa shape index (κ1) is 19.5. The van der Waals surface area contributed by atoms with Crippen molar-refractivity contribution in [2.45, 2.75) is 33.1 Å². The molecule has 2 amide bonds. The normalized spacial score (nSPS) is 11.5.